The molecule has 0 spiro atoms. The lowest BCUT2D eigenvalue weighted by Gasteiger charge is -2.38. The largest absolute Gasteiger partial charge is 0.497 e. The van der Waals surface area contributed by atoms with Crippen LogP contribution in [-0.4, -0.2) is 36.1 Å². The van der Waals surface area contributed by atoms with Crippen LogP contribution in [0.4, 0.5) is 0 Å². The summed E-state index contributed by atoms with van der Waals surface area (Å²) in [4.78, 5) is 5.88. The lowest BCUT2D eigenvalue weighted by molar-refractivity contribution is 0.107. The number of benzene rings is 1. The van der Waals surface area contributed by atoms with Crippen LogP contribution >= 0.6 is 0 Å². The van der Waals surface area contributed by atoms with Gasteiger partial charge in [0.05, 0.1) is 7.11 Å². The van der Waals surface area contributed by atoms with Gasteiger partial charge in [0.25, 0.3) is 0 Å². The van der Waals surface area contributed by atoms with Crippen LogP contribution in [0.3, 0.4) is 0 Å². The van der Waals surface area contributed by atoms with E-state index < -0.39 is 0 Å². The van der Waals surface area contributed by atoms with Gasteiger partial charge in [0, 0.05) is 29.7 Å². The topological polar surface area (TPSA) is 28.3 Å². The van der Waals surface area contributed by atoms with Crippen molar-refractivity contribution in [1.29, 1.82) is 0 Å². The maximum Gasteiger partial charge on any atom is 0.119 e. The SMILES string of the molecule is COc1ccc2[nH]cc(CCN3CCC3C)c2c1. The fourth-order valence-electron chi connectivity index (χ4n) is 2.66. The number of hydrogen-bond donors (Lipinski definition) is 1. The smallest absolute Gasteiger partial charge is 0.119 e. The molecule has 0 bridgehead atoms. The highest BCUT2D eigenvalue weighted by molar-refractivity contribution is 5.84. The molecule has 96 valence electrons. The minimum absolute atomic E-state index is 0.768. The van der Waals surface area contributed by atoms with Crippen LogP contribution in [0.5, 0.6) is 5.75 Å². The zero-order valence-corrected chi connectivity index (χ0v) is 11.1. The van der Waals surface area contributed by atoms with Crippen molar-refractivity contribution < 1.29 is 4.74 Å². The van der Waals surface area contributed by atoms with Crippen molar-refractivity contribution in [2.24, 2.45) is 0 Å². The molecule has 1 atom stereocenters. The molecule has 3 nitrogen and oxygen atoms in total. The minimum Gasteiger partial charge on any atom is -0.497 e. The average molecular weight is 244 g/mol. The van der Waals surface area contributed by atoms with Crippen LogP contribution in [0.2, 0.25) is 0 Å². The predicted molar refractivity (Wildman–Crippen MR) is 74.2 cm³/mol. The van der Waals surface area contributed by atoms with Crippen molar-refractivity contribution in [3.63, 3.8) is 0 Å². The van der Waals surface area contributed by atoms with E-state index in [1.54, 1.807) is 7.11 Å². The summed E-state index contributed by atoms with van der Waals surface area (Å²) >= 11 is 0. The molecule has 1 saturated heterocycles. The van der Waals surface area contributed by atoms with Gasteiger partial charge in [-0.25, -0.2) is 0 Å². The van der Waals surface area contributed by atoms with Crippen molar-refractivity contribution in [1.82, 2.24) is 9.88 Å². The van der Waals surface area contributed by atoms with E-state index in [1.165, 1.54) is 29.4 Å². The Hall–Kier alpha value is -1.48. The monoisotopic (exact) mass is 244 g/mol. The zero-order valence-electron chi connectivity index (χ0n) is 11.1. The van der Waals surface area contributed by atoms with Gasteiger partial charge in [0.15, 0.2) is 0 Å². The number of ether oxygens (including phenoxy) is 1. The third-order valence-electron chi connectivity index (χ3n) is 4.10. The first-order valence-corrected chi connectivity index (χ1v) is 6.66. The molecule has 0 radical (unpaired) electrons. The molecule has 2 aromatic rings. The van der Waals surface area contributed by atoms with Crippen molar-refractivity contribution in [2.45, 2.75) is 25.8 Å². The van der Waals surface area contributed by atoms with Crippen LogP contribution in [0.25, 0.3) is 10.9 Å². The molecule has 1 aromatic heterocycles. The molecular formula is C15H20N2O. The highest BCUT2D eigenvalue weighted by Crippen LogP contribution is 2.25. The summed E-state index contributed by atoms with van der Waals surface area (Å²) < 4.78 is 5.30. The average Bonchev–Trinajstić information content (AvgIpc) is 2.79. The maximum absolute atomic E-state index is 5.30. The number of methoxy groups -OCH3 is 1. The van der Waals surface area contributed by atoms with Crippen molar-refractivity contribution in [3.05, 3.63) is 30.0 Å². The van der Waals surface area contributed by atoms with Gasteiger partial charge < -0.3 is 14.6 Å². The van der Waals surface area contributed by atoms with Gasteiger partial charge in [0.2, 0.25) is 0 Å². The first-order valence-electron chi connectivity index (χ1n) is 6.66. The molecule has 1 aliphatic heterocycles. The molecule has 3 heteroatoms. The van der Waals surface area contributed by atoms with Crippen molar-refractivity contribution >= 4 is 10.9 Å². The van der Waals surface area contributed by atoms with Crippen molar-refractivity contribution in [2.75, 3.05) is 20.2 Å². The maximum atomic E-state index is 5.30. The summed E-state index contributed by atoms with van der Waals surface area (Å²) in [6.07, 6.45) is 4.59. The number of nitrogens with zero attached hydrogens (tertiary/aromatic N) is 1. The molecule has 1 aliphatic rings. The second-order valence-electron chi connectivity index (χ2n) is 5.15. The number of H-pyrrole nitrogens is 1. The third-order valence-corrected chi connectivity index (χ3v) is 4.10. The van der Waals surface area contributed by atoms with E-state index in [-0.39, 0.29) is 0 Å². The van der Waals surface area contributed by atoms with Gasteiger partial charge in [-0.05, 0) is 50.1 Å². The Balaban J connectivity index is 1.78. The van der Waals surface area contributed by atoms with Crippen LogP contribution in [0.1, 0.15) is 18.9 Å². The summed E-state index contributed by atoms with van der Waals surface area (Å²) in [6, 6.07) is 6.98. The van der Waals surface area contributed by atoms with Gasteiger partial charge in [-0.15, -0.1) is 0 Å². The van der Waals surface area contributed by atoms with Crippen LogP contribution in [0, 0.1) is 0 Å². The van der Waals surface area contributed by atoms with Gasteiger partial charge in [0.1, 0.15) is 5.75 Å². The molecule has 0 aliphatic carbocycles. The van der Waals surface area contributed by atoms with Crippen molar-refractivity contribution in [3.8, 4) is 5.75 Å². The Bertz CT molecular complexity index is 546. The third kappa shape index (κ3) is 1.99. The number of rotatable bonds is 4. The second-order valence-corrected chi connectivity index (χ2v) is 5.15. The van der Waals surface area contributed by atoms with Crippen LogP contribution in [0.15, 0.2) is 24.4 Å². The standard InChI is InChI=1S/C15H20N2O/c1-11-5-7-17(11)8-6-12-10-16-15-4-3-13(18-2)9-14(12)15/h3-4,9-11,16H,5-8H2,1-2H3. The summed E-state index contributed by atoms with van der Waals surface area (Å²) in [5.74, 6) is 0.931. The summed E-state index contributed by atoms with van der Waals surface area (Å²) in [7, 11) is 1.72. The number of hydrogen-bond acceptors (Lipinski definition) is 2. The molecule has 1 unspecified atom stereocenters. The molecule has 1 fully saturated rings. The molecule has 1 N–H and O–H groups in total. The van der Waals surface area contributed by atoms with Gasteiger partial charge in [-0.1, -0.05) is 0 Å². The van der Waals surface area contributed by atoms with Gasteiger partial charge in [-0.2, -0.15) is 0 Å². The molecule has 1 aromatic carbocycles. The Morgan fingerprint density at radius 3 is 3.00 bits per heavy atom. The Morgan fingerprint density at radius 2 is 2.33 bits per heavy atom. The summed E-state index contributed by atoms with van der Waals surface area (Å²) in [5, 5.41) is 1.29. The Labute approximate surface area is 108 Å². The Morgan fingerprint density at radius 1 is 1.44 bits per heavy atom. The quantitative estimate of drug-likeness (QED) is 0.895. The van der Waals surface area contributed by atoms with E-state index >= 15 is 0 Å². The molecule has 2 heterocycles. The van der Waals surface area contributed by atoms with E-state index in [1.807, 2.05) is 6.07 Å². The minimum atomic E-state index is 0.768. The highest BCUT2D eigenvalue weighted by atomic mass is 16.5. The molecule has 18 heavy (non-hydrogen) atoms. The highest BCUT2D eigenvalue weighted by Gasteiger charge is 2.22. The van der Waals surface area contributed by atoms with E-state index in [4.69, 9.17) is 4.74 Å². The molecule has 0 saturated carbocycles. The van der Waals surface area contributed by atoms with E-state index in [0.29, 0.717) is 0 Å². The van der Waals surface area contributed by atoms with Crippen LogP contribution < -0.4 is 4.74 Å². The normalized spacial score (nSPS) is 20.0. The van der Waals surface area contributed by atoms with E-state index in [2.05, 4.69) is 35.1 Å². The molecule has 3 rings (SSSR count). The molecular weight excluding hydrogens is 224 g/mol. The van der Waals surface area contributed by atoms with E-state index in [9.17, 15) is 0 Å². The second kappa shape index (κ2) is 4.65. The summed E-state index contributed by atoms with van der Waals surface area (Å²) in [6.45, 7) is 4.72. The van der Waals surface area contributed by atoms with Crippen LogP contribution in [-0.2, 0) is 6.42 Å². The van der Waals surface area contributed by atoms with E-state index in [0.717, 1.165) is 24.8 Å². The number of fused-ring (bicyclic) bond motifs is 1. The Kier molecular flexibility index (Phi) is 3.00. The first-order chi connectivity index (χ1) is 8.78. The zero-order chi connectivity index (χ0) is 12.5. The van der Waals surface area contributed by atoms with Gasteiger partial charge in [-0.3, -0.25) is 0 Å². The number of aromatic nitrogens is 1. The number of nitrogens with one attached hydrogen (secondary N) is 1. The fourth-order valence-corrected chi connectivity index (χ4v) is 2.66. The lowest BCUT2D eigenvalue weighted by Crippen LogP contribution is -2.46. The fraction of sp³-hybridized carbons (Fsp3) is 0.467. The van der Waals surface area contributed by atoms with Gasteiger partial charge >= 0.3 is 0 Å². The number of aromatic amines is 1. The summed E-state index contributed by atoms with van der Waals surface area (Å²) in [5.41, 5.74) is 2.59. The molecule has 0 amide bonds. The predicted octanol–water partition coefficient (Wildman–Crippen LogP) is 2.81. The first kappa shape index (κ1) is 11.6. The number of likely N-dealkylation sites (tertiary alicyclic amines) is 1. The lowest BCUT2D eigenvalue weighted by atomic mass is 10.0.